The Morgan fingerprint density at radius 3 is 1.90 bits per heavy atom. The molecule has 0 saturated heterocycles. The van der Waals surface area contributed by atoms with Gasteiger partial charge in [-0.15, -0.1) is 0 Å². The third-order valence-corrected chi connectivity index (χ3v) is 2.48. The van der Waals surface area contributed by atoms with Crippen molar-refractivity contribution in [3.05, 3.63) is 35.4 Å². The van der Waals surface area contributed by atoms with E-state index in [4.69, 9.17) is 5.11 Å². The van der Waals surface area contributed by atoms with Crippen molar-refractivity contribution in [2.75, 3.05) is 0 Å². The second-order valence-electron chi connectivity index (χ2n) is 4.04. The maximum atomic E-state index is 12.9. The molecule has 4 nitrogen and oxygen atoms in total. The third kappa shape index (κ3) is 3.03. The molecule has 2 N–H and O–H groups in total. The lowest BCUT2D eigenvalue weighted by Gasteiger charge is -2.28. The van der Waals surface area contributed by atoms with Crippen molar-refractivity contribution in [1.82, 2.24) is 5.32 Å². The SMILES string of the molecule is CC(NC(=O)c1cc(F)cc(F)c1)(C(=O)O)C(F)(F)F. The number of hydrogen-bond donors (Lipinski definition) is 2. The first-order chi connectivity index (χ1) is 8.97. The molecule has 1 amide bonds. The molecule has 0 radical (unpaired) electrons. The fraction of sp³-hybridized carbons (Fsp3) is 0.273. The number of hydrogen-bond acceptors (Lipinski definition) is 2. The number of nitrogens with one attached hydrogen (secondary N) is 1. The molecule has 9 heteroatoms. The van der Waals surface area contributed by atoms with Crippen LogP contribution in [0.4, 0.5) is 22.0 Å². The van der Waals surface area contributed by atoms with Crippen LogP contribution >= 0.6 is 0 Å². The van der Waals surface area contributed by atoms with E-state index < -0.39 is 40.8 Å². The molecule has 1 aromatic carbocycles. The molecule has 0 aliphatic heterocycles. The smallest absolute Gasteiger partial charge is 0.422 e. The van der Waals surface area contributed by atoms with Gasteiger partial charge in [0.25, 0.3) is 5.91 Å². The minimum absolute atomic E-state index is 0.225. The number of halogens is 5. The van der Waals surface area contributed by atoms with E-state index in [0.29, 0.717) is 18.2 Å². The van der Waals surface area contributed by atoms with Crippen LogP contribution in [0.25, 0.3) is 0 Å². The maximum Gasteiger partial charge on any atom is 0.422 e. The zero-order chi connectivity index (χ0) is 15.7. The van der Waals surface area contributed by atoms with Crippen molar-refractivity contribution >= 4 is 11.9 Å². The number of aliphatic carboxylic acids is 1. The predicted octanol–water partition coefficient (Wildman–Crippen LogP) is 2.10. The number of benzene rings is 1. The van der Waals surface area contributed by atoms with Gasteiger partial charge in [0.05, 0.1) is 0 Å². The summed E-state index contributed by atoms with van der Waals surface area (Å²) in [7, 11) is 0. The Kier molecular flexibility index (Phi) is 4.02. The molecule has 1 aromatic rings. The molecule has 0 heterocycles. The van der Waals surface area contributed by atoms with Crippen LogP contribution in [0.3, 0.4) is 0 Å². The van der Waals surface area contributed by atoms with Crippen molar-refractivity contribution in [3.8, 4) is 0 Å². The Morgan fingerprint density at radius 1 is 1.10 bits per heavy atom. The molecular weight excluding hydrogens is 289 g/mol. The summed E-state index contributed by atoms with van der Waals surface area (Å²) in [6.45, 7) is 0.225. The average Bonchev–Trinajstić information content (AvgIpc) is 2.25. The molecule has 0 bridgehead atoms. The molecule has 20 heavy (non-hydrogen) atoms. The molecule has 1 unspecified atom stereocenters. The summed E-state index contributed by atoms with van der Waals surface area (Å²) >= 11 is 0. The van der Waals surface area contributed by atoms with Crippen LogP contribution in [-0.4, -0.2) is 28.7 Å². The van der Waals surface area contributed by atoms with Crippen molar-refractivity contribution in [2.45, 2.75) is 18.6 Å². The van der Waals surface area contributed by atoms with Crippen LogP contribution in [0, 0.1) is 11.6 Å². The summed E-state index contributed by atoms with van der Waals surface area (Å²) in [6, 6.07) is 1.38. The van der Waals surface area contributed by atoms with Gasteiger partial charge in [0.1, 0.15) is 11.6 Å². The molecule has 1 rings (SSSR count). The molecule has 0 aromatic heterocycles. The largest absolute Gasteiger partial charge is 0.479 e. The van der Waals surface area contributed by atoms with Crippen molar-refractivity contribution in [3.63, 3.8) is 0 Å². The molecule has 0 aliphatic carbocycles. The molecular formula is C11H8F5NO3. The molecule has 0 aliphatic rings. The topological polar surface area (TPSA) is 66.4 Å². The molecule has 110 valence electrons. The van der Waals surface area contributed by atoms with Crippen LogP contribution in [-0.2, 0) is 4.79 Å². The van der Waals surface area contributed by atoms with Gasteiger partial charge in [0.2, 0.25) is 5.54 Å². The minimum atomic E-state index is -5.29. The highest BCUT2D eigenvalue weighted by atomic mass is 19.4. The van der Waals surface area contributed by atoms with E-state index in [2.05, 4.69) is 0 Å². The van der Waals surface area contributed by atoms with Gasteiger partial charge in [-0.05, 0) is 19.1 Å². The van der Waals surface area contributed by atoms with Crippen LogP contribution in [0.2, 0.25) is 0 Å². The Balaban J connectivity index is 3.13. The van der Waals surface area contributed by atoms with Crippen molar-refractivity contribution in [2.24, 2.45) is 0 Å². The lowest BCUT2D eigenvalue weighted by molar-refractivity contribution is -0.203. The molecule has 0 fully saturated rings. The second kappa shape index (κ2) is 5.06. The minimum Gasteiger partial charge on any atom is -0.479 e. The zero-order valence-electron chi connectivity index (χ0n) is 9.89. The summed E-state index contributed by atoms with van der Waals surface area (Å²) in [5.41, 5.74) is -4.34. The summed E-state index contributed by atoms with van der Waals surface area (Å²) in [5.74, 6) is -6.28. The van der Waals surface area contributed by atoms with E-state index in [1.807, 2.05) is 0 Å². The highest BCUT2D eigenvalue weighted by Crippen LogP contribution is 2.30. The normalized spacial score (nSPS) is 14.5. The third-order valence-electron chi connectivity index (χ3n) is 2.48. The lowest BCUT2D eigenvalue weighted by Crippen LogP contribution is -2.61. The van der Waals surface area contributed by atoms with E-state index in [-0.39, 0.29) is 6.92 Å². The van der Waals surface area contributed by atoms with Crippen molar-refractivity contribution < 1.29 is 36.6 Å². The molecule has 1 atom stereocenters. The van der Waals surface area contributed by atoms with Crippen LogP contribution in [0.15, 0.2) is 18.2 Å². The van der Waals surface area contributed by atoms with Gasteiger partial charge in [0.15, 0.2) is 0 Å². The van der Waals surface area contributed by atoms with E-state index in [1.54, 1.807) is 0 Å². The monoisotopic (exact) mass is 297 g/mol. The van der Waals surface area contributed by atoms with Crippen LogP contribution < -0.4 is 5.32 Å². The summed E-state index contributed by atoms with van der Waals surface area (Å²) in [4.78, 5) is 22.2. The van der Waals surface area contributed by atoms with Crippen LogP contribution in [0.1, 0.15) is 17.3 Å². The average molecular weight is 297 g/mol. The number of carboxylic acid groups (broad SMARTS) is 1. The first-order valence-corrected chi connectivity index (χ1v) is 5.06. The fourth-order valence-electron chi connectivity index (χ4n) is 1.23. The Bertz CT molecular complexity index is 537. The standard InChI is InChI=1S/C11H8F5NO3/c1-10(9(19)20,11(14,15)16)17-8(18)5-2-6(12)4-7(13)3-5/h2-4H,1H3,(H,17,18)(H,19,20). The molecule has 0 spiro atoms. The fourth-order valence-corrected chi connectivity index (χ4v) is 1.23. The van der Waals surface area contributed by atoms with E-state index >= 15 is 0 Å². The van der Waals surface area contributed by atoms with Gasteiger partial charge < -0.3 is 10.4 Å². The number of alkyl halides is 3. The van der Waals surface area contributed by atoms with Gasteiger partial charge in [-0.1, -0.05) is 0 Å². The molecule has 0 saturated carbocycles. The lowest BCUT2D eigenvalue weighted by atomic mass is 10.0. The van der Waals surface area contributed by atoms with E-state index in [0.717, 1.165) is 0 Å². The summed E-state index contributed by atoms with van der Waals surface area (Å²) < 4.78 is 63.6. The zero-order valence-corrected chi connectivity index (χ0v) is 9.89. The van der Waals surface area contributed by atoms with E-state index in [1.165, 1.54) is 5.32 Å². The van der Waals surface area contributed by atoms with Gasteiger partial charge in [0, 0.05) is 11.6 Å². The highest BCUT2D eigenvalue weighted by molar-refractivity contribution is 5.98. The first-order valence-electron chi connectivity index (χ1n) is 5.06. The van der Waals surface area contributed by atoms with Gasteiger partial charge in [-0.3, -0.25) is 4.79 Å². The quantitative estimate of drug-likeness (QED) is 0.840. The number of carbonyl (C=O) groups is 2. The predicted molar refractivity (Wildman–Crippen MR) is 55.9 cm³/mol. The van der Waals surface area contributed by atoms with Crippen molar-refractivity contribution in [1.29, 1.82) is 0 Å². The van der Waals surface area contributed by atoms with E-state index in [9.17, 15) is 31.5 Å². The highest BCUT2D eigenvalue weighted by Gasteiger charge is 2.58. The van der Waals surface area contributed by atoms with Gasteiger partial charge in [-0.25, -0.2) is 13.6 Å². The first kappa shape index (κ1) is 15.9. The second-order valence-corrected chi connectivity index (χ2v) is 4.04. The van der Waals surface area contributed by atoms with Crippen LogP contribution in [0.5, 0.6) is 0 Å². The Labute approximate surface area is 109 Å². The van der Waals surface area contributed by atoms with Gasteiger partial charge >= 0.3 is 12.1 Å². The number of carboxylic acids is 1. The summed E-state index contributed by atoms with van der Waals surface area (Å²) in [5, 5.41) is 9.80. The Morgan fingerprint density at radius 2 is 1.55 bits per heavy atom. The maximum absolute atomic E-state index is 12.9. The van der Waals surface area contributed by atoms with Gasteiger partial charge in [-0.2, -0.15) is 13.2 Å². The number of carbonyl (C=O) groups excluding carboxylic acids is 1. The number of amides is 1. The summed E-state index contributed by atoms with van der Waals surface area (Å²) in [6.07, 6.45) is -5.29. The number of rotatable bonds is 3. The Hall–Kier alpha value is -2.19.